The van der Waals surface area contributed by atoms with Crippen LogP contribution in [0.4, 0.5) is 0 Å². The average Bonchev–Trinajstić information content (AvgIpc) is 3.12. The molecule has 0 aliphatic rings. The fourth-order valence-electron chi connectivity index (χ4n) is 4.86. The van der Waals surface area contributed by atoms with E-state index in [1.165, 1.54) is 6.92 Å². The predicted octanol–water partition coefficient (Wildman–Crippen LogP) is 3.87. The molecule has 0 heterocycles. The fraction of sp³-hybridized carbons (Fsp3) is 0.243. The molecule has 1 unspecified atom stereocenters. The second kappa shape index (κ2) is 19.1. The van der Waals surface area contributed by atoms with Crippen molar-refractivity contribution >= 4 is 34.0 Å². The van der Waals surface area contributed by atoms with Crippen LogP contribution in [-0.2, 0) is 63.9 Å². The molecule has 6 N–H and O–H groups in total. The lowest BCUT2D eigenvalue weighted by Crippen LogP contribution is -2.56. The number of amidine groups is 1. The first kappa shape index (κ1) is 37.6. The Labute approximate surface area is 292 Å². The molecule has 4 rings (SSSR count). The molecule has 4 aromatic carbocycles. The minimum Gasteiger partial charge on any atom is -0.380 e. The van der Waals surface area contributed by atoms with Crippen molar-refractivity contribution in [3.05, 3.63) is 143 Å². The Bertz CT molecular complexity index is 1760. The number of carbonyl (C=O) groups excluding carboxylic acids is 3. The highest BCUT2D eigenvalue weighted by atomic mass is 32.3. The van der Waals surface area contributed by atoms with E-state index >= 15 is 0 Å². The summed E-state index contributed by atoms with van der Waals surface area (Å²) in [6.45, 7) is 1.30. The van der Waals surface area contributed by atoms with E-state index in [1.54, 1.807) is 54.6 Å². The van der Waals surface area contributed by atoms with E-state index in [0.29, 0.717) is 17.5 Å². The summed E-state index contributed by atoms with van der Waals surface area (Å²) in [6.07, 6.45) is 0.752. The minimum absolute atomic E-state index is 0.0194. The lowest BCUT2D eigenvalue weighted by molar-refractivity contribution is -0.141. The van der Waals surface area contributed by atoms with Crippen LogP contribution < -0.4 is 21.1 Å². The highest BCUT2D eigenvalue weighted by Gasteiger charge is 2.35. The molecule has 50 heavy (non-hydrogen) atoms. The van der Waals surface area contributed by atoms with Gasteiger partial charge in [-0.3, -0.25) is 9.59 Å². The smallest absolute Gasteiger partial charge is 0.332 e. The number of hydrogen-bond acceptors (Lipinski definition) is 7. The van der Waals surface area contributed by atoms with Crippen molar-refractivity contribution in [1.82, 2.24) is 15.4 Å². The van der Waals surface area contributed by atoms with Crippen molar-refractivity contribution in [2.24, 2.45) is 10.9 Å². The summed E-state index contributed by atoms with van der Waals surface area (Å²) in [4.78, 5) is 43.0. The molecule has 0 aliphatic carbocycles. The van der Waals surface area contributed by atoms with E-state index in [4.69, 9.17) is 10.5 Å². The van der Waals surface area contributed by atoms with Crippen LogP contribution in [0.1, 0.15) is 41.2 Å². The number of carbonyl (C=O) groups is 3. The Morgan fingerprint density at radius 2 is 1.36 bits per heavy atom. The molecule has 0 aromatic heterocycles. The highest BCUT2D eigenvalue weighted by Crippen LogP contribution is 2.12. The monoisotopic (exact) mass is 700 g/mol. The van der Waals surface area contributed by atoms with Crippen molar-refractivity contribution in [3.8, 4) is 0 Å². The van der Waals surface area contributed by atoms with Gasteiger partial charge in [-0.15, -0.1) is 0 Å². The topological polar surface area (TPSA) is 181 Å². The molecule has 2 amide bonds. The number of benzene rings is 4. The lowest BCUT2D eigenvalue weighted by Gasteiger charge is -2.23. The first-order chi connectivity index (χ1) is 24.1. The van der Waals surface area contributed by atoms with Crippen molar-refractivity contribution in [2.45, 2.75) is 50.8 Å². The quantitative estimate of drug-likeness (QED) is 0.0341. The Hall–Kier alpha value is -5.21. The predicted molar refractivity (Wildman–Crippen MR) is 191 cm³/mol. The molecule has 0 radical (unpaired) electrons. The molecule has 0 fully saturated rings. The zero-order valence-electron chi connectivity index (χ0n) is 27.7. The molecule has 0 bridgehead atoms. The summed E-state index contributed by atoms with van der Waals surface area (Å²) in [5.74, 6) is -1.90. The minimum atomic E-state index is -3.73. The van der Waals surface area contributed by atoms with E-state index in [-0.39, 0.29) is 37.8 Å². The molecule has 0 saturated carbocycles. The Morgan fingerprint density at radius 1 is 0.780 bits per heavy atom. The summed E-state index contributed by atoms with van der Waals surface area (Å²) >= 11 is 0. The van der Waals surface area contributed by atoms with Crippen LogP contribution in [0.25, 0.3) is 0 Å². The van der Waals surface area contributed by atoms with Gasteiger partial charge < -0.3 is 25.9 Å². The summed E-state index contributed by atoms with van der Waals surface area (Å²) in [7, 11) is -3.73. The number of nitrogens with one attached hydrogen (secondary N) is 3. The second-order valence-corrected chi connectivity index (χ2v) is 13.3. The van der Waals surface area contributed by atoms with E-state index in [9.17, 15) is 23.1 Å². The molecule has 12 nitrogen and oxygen atoms in total. The van der Waals surface area contributed by atoms with Gasteiger partial charge in [-0.1, -0.05) is 125 Å². The van der Waals surface area contributed by atoms with Crippen molar-refractivity contribution in [3.63, 3.8) is 0 Å². The number of nitrogens with zero attached hydrogens (tertiary/aromatic N) is 1. The number of rotatable bonds is 18. The van der Waals surface area contributed by atoms with Gasteiger partial charge in [0.1, 0.15) is 6.04 Å². The maximum absolute atomic E-state index is 13.8. The normalized spacial score (nSPS) is 13.8. The van der Waals surface area contributed by atoms with Crippen LogP contribution in [0.15, 0.2) is 120 Å². The maximum Gasteiger partial charge on any atom is 0.332 e. The van der Waals surface area contributed by atoms with Gasteiger partial charge in [-0.2, -0.15) is 4.55 Å². The van der Waals surface area contributed by atoms with Crippen LogP contribution in [0.3, 0.4) is 0 Å². The van der Waals surface area contributed by atoms with E-state index in [2.05, 4.69) is 25.3 Å². The van der Waals surface area contributed by atoms with Crippen LogP contribution in [0.5, 0.6) is 0 Å². The molecule has 13 heteroatoms. The van der Waals surface area contributed by atoms with Crippen LogP contribution >= 0.6 is 0 Å². The molecule has 4 aromatic rings. The zero-order valence-corrected chi connectivity index (χ0v) is 28.5. The largest absolute Gasteiger partial charge is 0.380 e. The number of ether oxygens (including phenoxy) is 1. The molecule has 0 saturated heterocycles. The van der Waals surface area contributed by atoms with Crippen LogP contribution in [0, 0.1) is 0 Å². The number of hydrogen-bond donors (Lipinski definition) is 5. The third-order valence-corrected chi connectivity index (χ3v) is 8.81. The number of nitrogens with two attached hydrogens (primary N) is 1. The highest BCUT2D eigenvalue weighted by molar-refractivity contribution is 7.95. The van der Waals surface area contributed by atoms with Gasteiger partial charge in [0.2, 0.25) is 11.8 Å². The van der Waals surface area contributed by atoms with Crippen molar-refractivity contribution < 1.29 is 32.7 Å². The van der Waals surface area contributed by atoms with Crippen molar-refractivity contribution in [2.75, 3.05) is 6.61 Å². The first-order valence-electron chi connectivity index (χ1n) is 16.0. The van der Waals surface area contributed by atoms with Crippen LogP contribution in [-0.4, -0.2) is 46.9 Å². The van der Waals surface area contributed by atoms with Crippen molar-refractivity contribution in [1.29, 1.82) is 0 Å². The third kappa shape index (κ3) is 13.0. The molecule has 262 valence electrons. The maximum atomic E-state index is 13.8. The first-order valence-corrected chi connectivity index (χ1v) is 17.7. The van der Waals surface area contributed by atoms with Gasteiger partial charge in [0, 0.05) is 24.6 Å². The summed E-state index contributed by atoms with van der Waals surface area (Å²) in [6, 6.07) is 32.2. The van der Waals surface area contributed by atoms with Gasteiger partial charge >= 0.3 is 5.97 Å². The van der Waals surface area contributed by atoms with Gasteiger partial charge in [-0.05, 0) is 33.7 Å². The van der Waals surface area contributed by atoms with E-state index in [1.807, 2.05) is 60.7 Å². The lowest BCUT2D eigenvalue weighted by atomic mass is 10.0. The summed E-state index contributed by atoms with van der Waals surface area (Å²) in [5, 5.41) is 9.25. The van der Waals surface area contributed by atoms with Crippen LogP contribution in [0.2, 0.25) is 0 Å². The van der Waals surface area contributed by atoms with E-state index < -0.39 is 40.3 Å². The fourth-order valence-corrected chi connectivity index (χ4v) is 6.21. The summed E-state index contributed by atoms with van der Waals surface area (Å²) < 4.78 is 32.6. The Balaban J connectivity index is 1.47. The second-order valence-electron chi connectivity index (χ2n) is 11.5. The molecule has 3 atom stereocenters. The standard InChI is InChI=1S/C37H41N5O7S/c1-27(43)49-41-35(38)32-20-17-29(18-21-32)23-39-36(44)33(22-19-28-11-5-2-6-12-28)40-37(45)34(25-48-24-30-13-7-3-8-14-30)42-50(46,47)26-31-15-9-4-10-16-31/h2-18,20-21,33-34H,19,22-26H2,1H3,(H5-,38,39,40,41,42,44,45,46,47)/p+1/t33-,34+/m0/s1. The Morgan fingerprint density at radius 3 is 1.96 bits per heavy atom. The molecule has 0 spiro atoms. The van der Waals surface area contributed by atoms with E-state index in [0.717, 1.165) is 16.7 Å². The van der Waals surface area contributed by atoms with Gasteiger partial charge in [0.25, 0.3) is 10.4 Å². The number of aryl methyl sites for hydroxylation is 1. The van der Waals surface area contributed by atoms with Gasteiger partial charge in [0.15, 0.2) is 17.6 Å². The Kier molecular flexibility index (Phi) is 14.4. The molecular formula is C37H42N5O7S+. The zero-order chi connectivity index (χ0) is 35.8. The number of oxime groups is 1. The van der Waals surface area contributed by atoms with Gasteiger partial charge in [-0.25, -0.2) is 4.79 Å². The SMILES string of the molecule is CC(=O)O/N=C(\N)c1ccc(CNC(=O)[C@H](CCc2ccccc2)NC(=O)[C@@H](COCc2ccccc2)N[S+](=O)(O)Cc2ccccc2)cc1. The average molecular weight is 701 g/mol. The summed E-state index contributed by atoms with van der Waals surface area (Å²) in [5.41, 5.74) is 9.58. The molecular weight excluding hydrogens is 659 g/mol. The third-order valence-electron chi connectivity index (χ3n) is 7.43. The van der Waals surface area contributed by atoms with Gasteiger partial charge in [0.05, 0.1) is 13.2 Å². The number of amides is 2. The molecule has 0 aliphatic heterocycles.